The van der Waals surface area contributed by atoms with E-state index in [0.29, 0.717) is 18.2 Å². The molecule has 0 aromatic heterocycles. The van der Waals surface area contributed by atoms with Crippen molar-refractivity contribution >= 4 is 5.91 Å². The molecule has 1 saturated heterocycles. The number of rotatable bonds is 4. The second kappa shape index (κ2) is 7.75. The predicted octanol–water partition coefficient (Wildman–Crippen LogP) is 2.17. The zero-order valence-electron chi connectivity index (χ0n) is 15.5. The topological polar surface area (TPSA) is 55.8 Å². The largest absolute Gasteiger partial charge is 0.508 e. The molecule has 1 aromatic rings. The summed E-state index contributed by atoms with van der Waals surface area (Å²) in [6.07, 6.45) is 4.43. The SMILES string of the molecule is CN1CCN(CC(=O)N[C@@]2(C)CCCC[C@@H]2c2ccc(O)cc2)CC1. The monoisotopic (exact) mass is 345 g/mol. The molecule has 0 spiro atoms. The maximum absolute atomic E-state index is 12.7. The van der Waals surface area contributed by atoms with Crippen molar-refractivity contribution in [1.82, 2.24) is 15.1 Å². The van der Waals surface area contributed by atoms with E-state index >= 15 is 0 Å². The van der Waals surface area contributed by atoms with Crippen molar-refractivity contribution in [2.45, 2.75) is 44.1 Å². The van der Waals surface area contributed by atoms with Gasteiger partial charge in [-0.3, -0.25) is 9.69 Å². The molecule has 2 aliphatic rings. The van der Waals surface area contributed by atoms with Crippen LogP contribution in [-0.2, 0) is 4.79 Å². The number of carbonyl (C=O) groups is 1. The van der Waals surface area contributed by atoms with Crippen molar-refractivity contribution in [1.29, 1.82) is 0 Å². The van der Waals surface area contributed by atoms with E-state index in [0.717, 1.165) is 45.4 Å². The van der Waals surface area contributed by atoms with Crippen LogP contribution in [0.2, 0.25) is 0 Å². The van der Waals surface area contributed by atoms with Crippen molar-refractivity contribution in [3.63, 3.8) is 0 Å². The molecule has 25 heavy (non-hydrogen) atoms. The second-order valence-corrected chi connectivity index (χ2v) is 7.93. The van der Waals surface area contributed by atoms with Gasteiger partial charge in [0.2, 0.25) is 5.91 Å². The number of nitrogens with one attached hydrogen (secondary N) is 1. The van der Waals surface area contributed by atoms with E-state index in [1.165, 1.54) is 12.0 Å². The highest BCUT2D eigenvalue weighted by Crippen LogP contribution is 2.41. The Kier molecular flexibility index (Phi) is 5.64. The molecule has 138 valence electrons. The number of phenolic OH excluding ortho intramolecular Hbond substituents is 1. The van der Waals surface area contributed by atoms with Gasteiger partial charge in [-0.2, -0.15) is 0 Å². The molecule has 0 unspecified atom stereocenters. The zero-order valence-corrected chi connectivity index (χ0v) is 15.5. The first-order valence-electron chi connectivity index (χ1n) is 9.47. The van der Waals surface area contributed by atoms with Crippen LogP contribution in [0.5, 0.6) is 5.75 Å². The lowest BCUT2D eigenvalue weighted by Crippen LogP contribution is -2.55. The molecular formula is C20H31N3O2. The van der Waals surface area contributed by atoms with Gasteiger partial charge < -0.3 is 15.3 Å². The minimum absolute atomic E-state index is 0.137. The van der Waals surface area contributed by atoms with Gasteiger partial charge in [0.15, 0.2) is 0 Å². The van der Waals surface area contributed by atoms with Gasteiger partial charge in [0, 0.05) is 37.6 Å². The van der Waals surface area contributed by atoms with E-state index in [4.69, 9.17) is 0 Å². The van der Waals surface area contributed by atoms with E-state index in [1.807, 2.05) is 12.1 Å². The third-order valence-corrected chi connectivity index (χ3v) is 5.89. The van der Waals surface area contributed by atoms with Crippen molar-refractivity contribution in [3.8, 4) is 5.75 Å². The fraction of sp³-hybridized carbons (Fsp3) is 0.650. The molecule has 1 saturated carbocycles. The molecule has 1 aromatic carbocycles. The van der Waals surface area contributed by atoms with Crippen LogP contribution in [0.1, 0.15) is 44.1 Å². The van der Waals surface area contributed by atoms with Crippen molar-refractivity contribution < 1.29 is 9.90 Å². The van der Waals surface area contributed by atoms with Gasteiger partial charge >= 0.3 is 0 Å². The molecule has 0 radical (unpaired) electrons. The summed E-state index contributed by atoms with van der Waals surface area (Å²) in [5, 5.41) is 12.9. The number of aromatic hydroxyl groups is 1. The number of hydrogen-bond donors (Lipinski definition) is 2. The quantitative estimate of drug-likeness (QED) is 0.878. The number of carbonyl (C=O) groups excluding carboxylic acids is 1. The van der Waals surface area contributed by atoms with Crippen LogP contribution >= 0.6 is 0 Å². The molecule has 2 fully saturated rings. The summed E-state index contributed by atoms with van der Waals surface area (Å²) in [7, 11) is 2.13. The van der Waals surface area contributed by atoms with Gasteiger partial charge in [-0.1, -0.05) is 25.0 Å². The Morgan fingerprint density at radius 2 is 1.88 bits per heavy atom. The van der Waals surface area contributed by atoms with Crippen molar-refractivity contribution in [3.05, 3.63) is 29.8 Å². The van der Waals surface area contributed by atoms with Crippen molar-refractivity contribution in [2.24, 2.45) is 0 Å². The molecule has 5 nitrogen and oxygen atoms in total. The predicted molar refractivity (Wildman–Crippen MR) is 99.8 cm³/mol. The second-order valence-electron chi connectivity index (χ2n) is 7.93. The van der Waals surface area contributed by atoms with E-state index in [2.05, 4.69) is 29.1 Å². The fourth-order valence-electron chi connectivity index (χ4n) is 4.29. The molecule has 5 heteroatoms. The number of amides is 1. The summed E-state index contributed by atoms with van der Waals surface area (Å²) in [6, 6.07) is 7.49. The molecule has 3 rings (SSSR count). The zero-order chi connectivity index (χ0) is 17.9. The summed E-state index contributed by atoms with van der Waals surface area (Å²) in [6.45, 7) is 6.66. The Labute approximate surface area is 151 Å². The van der Waals surface area contributed by atoms with Crippen LogP contribution in [0.15, 0.2) is 24.3 Å². The van der Waals surface area contributed by atoms with E-state index in [-0.39, 0.29) is 11.4 Å². The Hall–Kier alpha value is -1.59. The van der Waals surface area contributed by atoms with Crippen LogP contribution < -0.4 is 5.32 Å². The number of likely N-dealkylation sites (N-methyl/N-ethyl adjacent to an activating group) is 1. The number of benzene rings is 1. The minimum Gasteiger partial charge on any atom is -0.508 e. The van der Waals surface area contributed by atoms with E-state index in [9.17, 15) is 9.90 Å². The number of piperazine rings is 1. The number of hydrogen-bond acceptors (Lipinski definition) is 4. The Morgan fingerprint density at radius 3 is 2.56 bits per heavy atom. The molecule has 1 amide bonds. The average molecular weight is 345 g/mol. The normalized spacial score (nSPS) is 28.6. The molecule has 2 atom stereocenters. The lowest BCUT2D eigenvalue weighted by Gasteiger charge is -2.43. The summed E-state index contributed by atoms with van der Waals surface area (Å²) in [4.78, 5) is 17.2. The number of phenols is 1. The van der Waals surface area contributed by atoms with Gasteiger partial charge in [0.25, 0.3) is 0 Å². The summed E-state index contributed by atoms with van der Waals surface area (Å²) >= 11 is 0. The first-order chi connectivity index (χ1) is 12.0. The smallest absolute Gasteiger partial charge is 0.234 e. The van der Waals surface area contributed by atoms with Gasteiger partial charge in [0.05, 0.1) is 6.54 Å². The first kappa shape index (κ1) is 18.2. The minimum atomic E-state index is -0.209. The first-order valence-corrected chi connectivity index (χ1v) is 9.47. The molecule has 1 heterocycles. The third-order valence-electron chi connectivity index (χ3n) is 5.89. The molecule has 2 N–H and O–H groups in total. The lowest BCUT2D eigenvalue weighted by atomic mass is 9.70. The van der Waals surface area contributed by atoms with Crippen LogP contribution in [-0.4, -0.2) is 66.1 Å². The third kappa shape index (κ3) is 4.53. The number of nitrogens with zero attached hydrogens (tertiary/aromatic N) is 2. The summed E-state index contributed by atoms with van der Waals surface area (Å²) in [5.74, 6) is 0.733. The highest BCUT2D eigenvalue weighted by atomic mass is 16.3. The molecule has 0 bridgehead atoms. The van der Waals surface area contributed by atoms with Crippen LogP contribution in [0.25, 0.3) is 0 Å². The fourth-order valence-corrected chi connectivity index (χ4v) is 4.29. The molecular weight excluding hydrogens is 314 g/mol. The van der Waals surface area contributed by atoms with Gasteiger partial charge in [-0.05, 0) is 44.5 Å². The highest BCUT2D eigenvalue weighted by molar-refractivity contribution is 5.79. The lowest BCUT2D eigenvalue weighted by molar-refractivity contribution is -0.125. The van der Waals surface area contributed by atoms with Gasteiger partial charge in [0.1, 0.15) is 5.75 Å². The van der Waals surface area contributed by atoms with E-state index in [1.54, 1.807) is 12.1 Å². The maximum Gasteiger partial charge on any atom is 0.234 e. The Bertz CT molecular complexity index is 581. The average Bonchev–Trinajstić information content (AvgIpc) is 2.58. The van der Waals surface area contributed by atoms with Crippen molar-refractivity contribution in [2.75, 3.05) is 39.8 Å². The maximum atomic E-state index is 12.7. The van der Waals surface area contributed by atoms with Crippen LogP contribution in [0, 0.1) is 0 Å². The van der Waals surface area contributed by atoms with Crippen LogP contribution in [0.4, 0.5) is 0 Å². The Balaban J connectivity index is 1.65. The highest BCUT2D eigenvalue weighted by Gasteiger charge is 2.38. The Morgan fingerprint density at radius 1 is 1.20 bits per heavy atom. The molecule has 1 aliphatic carbocycles. The standard InChI is InChI=1S/C20H31N3O2/c1-20(21-19(25)15-23-13-11-22(2)12-14-23)10-4-3-5-18(20)16-6-8-17(24)9-7-16/h6-9,18,24H,3-5,10-15H2,1-2H3,(H,21,25)/t18-,20+/m1/s1. The van der Waals surface area contributed by atoms with E-state index < -0.39 is 0 Å². The molecule has 1 aliphatic heterocycles. The van der Waals surface area contributed by atoms with Crippen LogP contribution in [0.3, 0.4) is 0 Å². The summed E-state index contributed by atoms with van der Waals surface area (Å²) < 4.78 is 0. The van der Waals surface area contributed by atoms with Gasteiger partial charge in [-0.15, -0.1) is 0 Å². The van der Waals surface area contributed by atoms with Gasteiger partial charge in [-0.25, -0.2) is 0 Å². The summed E-state index contributed by atoms with van der Waals surface area (Å²) in [5.41, 5.74) is 0.999.